The number of hydrogen-bond acceptors (Lipinski definition) is 2. The summed E-state index contributed by atoms with van der Waals surface area (Å²) in [5.74, 6) is -0.658. The Morgan fingerprint density at radius 3 is 1.27 bits per heavy atom. The van der Waals surface area contributed by atoms with E-state index in [2.05, 4.69) is 6.92 Å². The average Bonchev–Trinajstić information content (AvgIpc) is 2.73. The summed E-state index contributed by atoms with van der Waals surface area (Å²) in [6.45, 7) is 4.02. The number of rotatable bonds is 24. The van der Waals surface area contributed by atoms with Gasteiger partial charge in [-0.1, -0.05) is 123 Å². The Bertz CT molecular complexity index is 392. The Morgan fingerprint density at radius 2 is 0.900 bits per heavy atom. The van der Waals surface area contributed by atoms with Crippen molar-refractivity contribution in [3.05, 3.63) is 0 Å². The first-order valence-electron chi connectivity index (χ1n) is 13.3. The fraction of sp³-hybridized carbons (Fsp3) is 0.926. The first-order valence-corrected chi connectivity index (χ1v) is 13.3. The highest BCUT2D eigenvalue weighted by atomic mass is 16.4. The summed E-state index contributed by atoms with van der Waals surface area (Å²) in [4.78, 5) is 22.6. The van der Waals surface area contributed by atoms with Crippen LogP contribution in [0.1, 0.15) is 155 Å². The number of carboxylic acid groups (broad SMARTS) is 1. The van der Waals surface area contributed by atoms with Crippen molar-refractivity contribution >= 4 is 11.8 Å². The van der Waals surface area contributed by atoms with Gasteiger partial charge in [-0.05, 0) is 19.3 Å². The number of unbranched alkanes of at least 4 members (excludes halogenated alkanes) is 17. The number of carbonyl (C=O) groups is 2. The Labute approximate surface area is 187 Å². The van der Waals surface area contributed by atoms with E-state index in [4.69, 9.17) is 5.11 Å². The van der Waals surface area contributed by atoms with E-state index < -0.39 is 5.97 Å². The molecule has 3 nitrogen and oxygen atoms in total. The minimum atomic E-state index is -0.732. The van der Waals surface area contributed by atoms with Crippen LogP contribution in [0.5, 0.6) is 0 Å². The molecule has 0 bridgehead atoms. The van der Waals surface area contributed by atoms with Crippen LogP contribution in [-0.2, 0) is 9.59 Å². The molecule has 0 aliphatic carbocycles. The molecule has 0 radical (unpaired) electrons. The lowest BCUT2D eigenvalue weighted by molar-refractivity contribution is -0.141. The molecule has 0 fully saturated rings. The van der Waals surface area contributed by atoms with Gasteiger partial charge in [0.25, 0.3) is 0 Å². The predicted molar refractivity (Wildman–Crippen MR) is 129 cm³/mol. The molecule has 30 heavy (non-hydrogen) atoms. The van der Waals surface area contributed by atoms with Crippen LogP contribution >= 0.6 is 0 Å². The molecule has 0 saturated heterocycles. The second kappa shape index (κ2) is 22.8. The fourth-order valence-corrected chi connectivity index (χ4v) is 4.07. The predicted octanol–water partition coefficient (Wildman–Crippen LogP) is 8.88. The van der Waals surface area contributed by atoms with Gasteiger partial charge < -0.3 is 5.11 Å². The summed E-state index contributed by atoms with van der Waals surface area (Å²) < 4.78 is 0. The Hall–Kier alpha value is -0.860. The Kier molecular flexibility index (Phi) is 22.2. The van der Waals surface area contributed by atoms with E-state index in [0.717, 1.165) is 19.3 Å². The van der Waals surface area contributed by atoms with Crippen molar-refractivity contribution in [1.82, 2.24) is 0 Å². The molecule has 1 atom stereocenters. The third-order valence-electron chi connectivity index (χ3n) is 6.32. The molecule has 0 aromatic carbocycles. The number of carboxylic acids is 1. The number of aliphatic carboxylic acids is 1. The number of ketones is 1. The highest BCUT2D eigenvalue weighted by Gasteiger charge is 2.10. The minimum absolute atomic E-state index is 0.287. The standard InChI is InChI=1S/C27H52O3/c1-3-4-5-6-7-8-9-10-11-12-13-14-15-16-17-18-19-23-26(28)24-21-20-22-25(2)27(29)30/h25H,3-24H2,1-2H3,(H,29,30)/t25-/m0/s1. The van der Waals surface area contributed by atoms with Crippen molar-refractivity contribution in [3.8, 4) is 0 Å². The molecule has 1 N–H and O–H groups in total. The van der Waals surface area contributed by atoms with E-state index >= 15 is 0 Å². The first kappa shape index (κ1) is 29.1. The molecule has 0 heterocycles. The highest BCUT2D eigenvalue weighted by molar-refractivity contribution is 5.78. The highest BCUT2D eigenvalue weighted by Crippen LogP contribution is 2.15. The number of Topliss-reactive ketones (excluding diaryl/α,β-unsaturated/α-hetero) is 1. The zero-order valence-electron chi connectivity index (χ0n) is 20.4. The quantitative estimate of drug-likeness (QED) is 0.157. The van der Waals surface area contributed by atoms with Crippen molar-refractivity contribution in [2.45, 2.75) is 155 Å². The maximum atomic E-state index is 11.9. The first-order chi connectivity index (χ1) is 14.6. The van der Waals surface area contributed by atoms with Crippen LogP contribution in [-0.4, -0.2) is 16.9 Å². The topological polar surface area (TPSA) is 54.4 Å². The summed E-state index contributed by atoms with van der Waals surface area (Å²) in [6, 6.07) is 0. The van der Waals surface area contributed by atoms with Gasteiger partial charge in [0.15, 0.2) is 0 Å². The molecule has 3 heteroatoms. The molecule has 0 aliphatic rings. The molecular formula is C27H52O3. The van der Waals surface area contributed by atoms with Crippen LogP contribution in [0.2, 0.25) is 0 Å². The number of hydrogen-bond donors (Lipinski definition) is 1. The van der Waals surface area contributed by atoms with E-state index in [-0.39, 0.29) is 5.92 Å². The lowest BCUT2D eigenvalue weighted by Gasteiger charge is -2.05. The van der Waals surface area contributed by atoms with Crippen molar-refractivity contribution in [3.63, 3.8) is 0 Å². The summed E-state index contributed by atoms with van der Waals surface area (Å²) in [5.41, 5.74) is 0. The van der Waals surface area contributed by atoms with Crippen LogP contribution < -0.4 is 0 Å². The molecule has 0 saturated carbocycles. The Morgan fingerprint density at radius 1 is 0.567 bits per heavy atom. The lowest BCUT2D eigenvalue weighted by atomic mass is 10.0. The second-order valence-corrected chi connectivity index (χ2v) is 9.43. The van der Waals surface area contributed by atoms with Gasteiger partial charge in [0.2, 0.25) is 0 Å². The molecule has 0 aliphatic heterocycles. The largest absolute Gasteiger partial charge is 0.481 e. The van der Waals surface area contributed by atoms with Gasteiger partial charge in [0, 0.05) is 12.8 Å². The van der Waals surface area contributed by atoms with E-state index in [0.29, 0.717) is 25.0 Å². The maximum absolute atomic E-state index is 11.9. The van der Waals surface area contributed by atoms with E-state index in [1.54, 1.807) is 6.92 Å². The zero-order valence-corrected chi connectivity index (χ0v) is 20.4. The van der Waals surface area contributed by atoms with E-state index in [1.807, 2.05) is 0 Å². The third-order valence-corrected chi connectivity index (χ3v) is 6.32. The monoisotopic (exact) mass is 424 g/mol. The van der Waals surface area contributed by atoms with Gasteiger partial charge >= 0.3 is 5.97 Å². The number of carbonyl (C=O) groups excluding carboxylic acids is 1. The van der Waals surface area contributed by atoms with Gasteiger partial charge in [0.05, 0.1) is 5.92 Å². The molecule has 0 aromatic rings. The summed E-state index contributed by atoms with van der Waals surface area (Å²) in [6.07, 6.45) is 26.9. The summed E-state index contributed by atoms with van der Waals surface area (Å²) >= 11 is 0. The van der Waals surface area contributed by atoms with Crippen molar-refractivity contribution in [2.24, 2.45) is 5.92 Å². The van der Waals surface area contributed by atoms with E-state index in [9.17, 15) is 9.59 Å². The van der Waals surface area contributed by atoms with Crippen molar-refractivity contribution < 1.29 is 14.7 Å². The van der Waals surface area contributed by atoms with Crippen molar-refractivity contribution in [1.29, 1.82) is 0 Å². The van der Waals surface area contributed by atoms with Crippen LogP contribution in [0.15, 0.2) is 0 Å². The smallest absolute Gasteiger partial charge is 0.306 e. The zero-order chi connectivity index (χ0) is 22.3. The minimum Gasteiger partial charge on any atom is -0.481 e. The molecule has 0 amide bonds. The molecular weight excluding hydrogens is 372 g/mol. The molecule has 0 aromatic heterocycles. The van der Waals surface area contributed by atoms with Gasteiger partial charge in [-0.3, -0.25) is 9.59 Å². The maximum Gasteiger partial charge on any atom is 0.306 e. The molecule has 0 rings (SSSR count). The van der Waals surface area contributed by atoms with Gasteiger partial charge in [-0.2, -0.15) is 0 Å². The Balaban J connectivity index is 3.18. The lowest BCUT2D eigenvalue weighted by Crippen LogP contribution is -2.09. The molecule has 0 spiro atoms. The normalized spacial score (nSPS) is 12.2. The van der Waals surface area contributed by atoms with Crippen LogP contribution in [0, 0.1) is 5.92 Å². The van der Waals surface area contributed by atoms with Crippen LogP contribution in [0.25, 0.3) is 0 Å². The summed E-state index contributed by atoms with van der Waals surface area (Å²) in [7, 11) is 0. The SMILES string of the molecule is CCCCCCCCCCCCCCCCCCCC(=O)CCCC[C@H](C)C(=O)O. The average molecular weight is 425 g/mol. The van der Waals surface area contributed by atoms with Crippen LogP contribution in [0.3, 0.4) is 0 Å². The molecule has 0 unspecified atom stereocenters. The van der Waals surface area contributed by atoms with Gasteiger partial charge in [-0.25, -0.2) is 0 Å². The van der Waals surface area contributed by atoms with E-state index in [1.165, 1.54) is 103 Å². The van der Waals surface area contributed by atoms with Gasteiger partial charge in [0.1, 0.15) is 5.78 Å². The van der Waals surface area contributed by atoms with Crippen LogP contribution in [0.4, 0.5) is 0 Å². The summed E-state index contributed by atoms with van der Waals surface area (Å²) in [5, 5.41) is 8.84. The van der Waals surface area contributed by atoms with Crippen molar-refractivity contribution in [2.75, 3.05) is 0 Å². The molecule has 178 valence electrons. The van der Waals surface area contributed by atoms with Gasteiger partial charge in [-0.15, -0.1) is 0 Å². The fourth-order valence-electron chi connectivity index (χ4n) is 4.07. The second-order valence-electron chi connectivity index (χ2n) is 9.43. The third kappa shape index (κ3) is 21.8.